The van der Waals surface area contributed by atoms with E-state index in [1.54, 1.807) is 7.11 Å². The zero-order chi connectivity index (χ0) is 17.8. The van der Waals surface area contributed by atoms with E-state index in [0.29, 0.717) is 12.5 Å². The summed E-state index contributed by atoms with van der Waals surface area (Å²) in [4.78, 5) is 24.2. The normalized spacial score (nSPS) is 16.7. The molecule has 8 nitrogen and oxygen atoms in total. The lowest BCUT2D eigenvalue weighted by Gasteiger charge is -2.19. The molecule has 1 aromatic carbocycles. The summed E-state index contributed by atoms with van der Waals surface area (Å²) >= 11 is 0. The summed E-state index contributed by atoms with van der Waals surface area (Å²) < 4.78 is 10.1. The van der Waals surface area contributed by atoms with Gasteiger partial charge in [-0.15, -0.1) is 0 Å². The maximum Gasteiger partial charge on any atom is 0.433 e. The molecule has 25 heavy (non-hydrogen) atoms. The number of methoxy groups -OCH3 is 1. The van der Waals surface area contributed by atoms with Crippen molar-refractivity contribution in [1.29, 1.82) is 0 Å². The highest BCUT2D eigenvalue weighted by atomic mass is 16.6. The van der Waals surface area contributed by atoms with E-state index in [1.807, 2.05) is 24.3 Å². The number of amides is 1. The Morgan fingerprint density at radius 2 is 2.28 bits per heavy atom. The van der Waals surface area contributed by atoms with Crippen LogP contribution in [-0.2, 0) is 0 Å². The molecule has 1 aliphatic rings. The Balaban J connectivity index is 1.52. The SMILES string of the molecule is COc1cccc(N2CC[C@H](CNC(=O)c3ccc([N+](=O)[O-])o3)C2)c1. The molecule has 0 bridgehead atoms. The predicted octanol–water partition coefficient (Wildman–Crippen LogP) is 2.45. The zero-order valence-corrected chi connectivity index (χ0v) is 13.8. The molecule has 132 valence electrons. The van der Waals surface area contributed by atoms with Crippen LogP contribution < -0.4 is 15.0 Å². The number of anilines is 1. The Morgan fingerprint density at radius 3 is 3.00 bits per heavy atom. The van der Waals surface area contributed by atoms with Gasteiger partial charge in [-0.1, -0.05) is 6.07 Å². The molecular formula is C17H19N3O5. The van der Waals surface area contributed by atoms with Gasteiger partial charge in [0.2, 0.25) is 0 Å². The van der Waals surface area contributed by atoms with Crippen LogP contribution in [0.3, 0.4) is 0 Å². The van der Waals surface area contributed by atoms with Gasteiger partial charge in [-0.25, -0.2) is 0 Å². The van der Waals surface area contributed by atoms with Gasteiger partial charge in [0.1, 0.15) is 10.7 Å². The van der Waals surface area contributed by atoms with E-state index < -0.39 is 16.7 Å². The van der Waals surface area contributed by atoms with Crippen molar-refractivity contribution in [2.45, 2.75) is 6.42 Å². The Labute approximate surface area is 144 Å². The fraction of sp³-hybridized carbons (Fsp3) is 0.353. The highest BCUT2D eigenvalue weighted by molar-refractivity contribution is 5.91. The Morgan fingerprint density at radius 1 is 1.44 bits per heavy atom. The molecule has 1 amide bonds. The summed E-state index contributed by atoms with van der Waals surface area (Å²) in [5.74, 6) is 0.200. The van der Waals surface area contributed by atoms with Crippen LogP contribution >= 0.6 is 0 Å². The molecular weight excluding hydrogens is 326 g/mol. The standard InChI is InChI=1S/C17H19N3O5/c1-24-14-4-2-3-13(9-14)19-8-7-12(11-19)10-18-17(21)15-5-6-16(25-15)20(22)23/h2-6,9,12H,7-8,10-11H2,1H3,(H,18,21)/t12-/m1/s1. The maximum absolute atomic E-state index is 12.0. The van der Waals surface area contributed by atoms with Gasteiger partial charge in [-0.2, -0.15) is 0 Å². The number of benzene rings is 1. The largest absolute Gasteiger partial charge is 0.497 e. The minimum Gasteiger partial charge on any atom is -0.497 e. The third-order valence-corrected chi connectivity index (χ3v) is 4.25. The van der Waals surface area contributed by atoms with E-state index in [4.69, 9.17) is 9.15 Å². The third kappa shape index (κ3) is 3.90. The average Bonchev–Trinajstić information content (AvgIpc) is 3.29. The van der Waals surface area contributed by atoms with Gasteiger partial charge in [0, 0.05) is 31.4 Å². The van der Waals surface area contributed by atoms with Gasteiger partial charge >= 0.3 is 5.88 Å². The van der Waals surface area contributed by atoms with Crippen LogP contribution in [0.15, 0.2) is 40.8 Å². The number of nitrogens with zero attached hydrogens (tertiary/aromatic N) is 2. The second-order valence-corrected chi connectivity index (χ2v) is 5.91. The topological polar surface area (TPSA) is 97.8 Å². The number of carbonyl (C=O) groups is 1. The number of rotatable bonds is 6. The van der Waals surface area contributed by atoms with Crippen molar-refractivity contribution >= 4 is 17.5 Å². The van der Waals surface area contributed by atoms with Crippen LogP contribution in [0.4, 0.5) is 11.6 Å². The van der Waals surface area contributed by atoms with Crippen LogP contribution in [0, 0.1) is 16.0 Å². The van der Waals surface area contributed by atoms with Crippen LogP contribution in [0.5, 0.6) is 5.75 Å². The van der Waals surface area contributed by atoms with Gasteiger partial charge in [0.15, 0.2) is 5.76 Å². The van der Waals surface area contributed by atoms with Crippen LogP contribution in [0.2, 0.25) is 0 Å². The average molecular weight is 345 g/mol. The van der Waals surface area contributed by atoms with E-state index in [2.05, 4.69) is 10.2 Å². The molecule has 0 spiro atoms. The van der Waals surface area contributed by atoms with E-state index >= 15 is 0 Å². The van der Waals surface area contributed by atoms with Crippen molar-refractivity contribution in [3.05, 3.63) is 52.3 Å². The smallest absolute Gasteiger partial charge is 0.433 e. The first-order chi connectivity index (χ1) is 12.1. The highest BCUT2D eigenvalue weighted by Crippen LogP contribution is 2.26. The molecule has 0 saturated carbocycles. The molecule has 2 aromatic rings. The summed E-state index contributed by atoms with van der Waals surface area (Å²) in [7, 11) is 1.64. The molecule has 2 heterocycles. The van der Waals surface area contributed by atoms with E-state index in [9.17, 15) is 14.9 Å². The first kappa shape index (κ1) is 16.8. The third-order valence-electron chi connectivity index (χ3n) is 4.25. The lowest BCUT2D eigenvalue weighted by Crippen LogP contribution is -2.30. The first-order valence-electron chi connectivity index (χ1n) is 7.98. The van der Waals surface area contributed by atoms with Crippen LogP contribution in [0.1, 0.15) is 17.0 Å². The Kier molecular flexibility index (Phi) is 4.87. The van der Waals surface area contributed by atoms with Gasteiger partial charge < -0.3 is 19.4 Å². The number of nitrogens with one attached hydrogen (secondary N) is 1. The molecule has 0 radical (unpaired) electrons. The van der Waals surface area contributed by atoms with Crippen molar-refractivity contribution < 1.29 is 18.9 Å². The Hall–Kier alpha value is -3.03. The summed E-state index contributed by atoms with van der Waals surface area (Å²) in [6, 6.07) is 10.4. The molecule has 8 heteroatoms. The highest BCUT2D eigenvalue weighted by Gasteiger charge is 2.24. The number of hydrogen-bond acceptors (Lipinski definition) is 6. The van der Waals surface area contributed by atoms with Crippen molar-refractivity contribution in [1.82, 2.24) is 5.32 Å². The molecule has 0 unspecified atom stereocenters. The maximum atomic E-state index is 12.0. The second kappa shape index (κ2) is 7.25. The van der Waals surface area contributed by atoms with E-state index in [1.165, 1.54) is 12.1 Å². The molecule has 0 aliphatic carbocycles. The molecule has 1 atom stereocenters. The summed E-state index contributed by atoms with van der Waals surface area (Å²) in [6.45, 7) is 2.22. The van der Waals surface area contributed by atoms with Crippen molar-refractivity contribution in [3.63, 3.8) is 0 Å². The fourth-order valence-electron chi connectivity index (χ4n) is 2.91. The second-order valence-electron chi connectivity index (χ2n) is 5.91. The summed E-state index contributed by atoms with van der Waals surface area (Å²) in [5.41, 5.74) is 1.09. The number of nitro groups is 1. The number of hydrogen-bond donors (Lipinski definition) is 1. The van der Waals surface area contributed by atoms with Gasteiger partial charge in [-0.05, 0) is 30.5 Å². The van der Waals surface area contributed by atoms with Crippen molar-refractivity contribution in [3.8, 4) is 5.75 Å². The summed E-state index contributed by atoms with van der Waals surface area (Å²) in [6.07, 6.45) is 0.954. The monoisotopic (exact) mass is 345 g/mol. The van der Waals surface area contributed by atoms with E-state index in [0.717, 1.165) is 30.9 Å². The molecule has 3 rings (SSSR count). The van der Waals surface area contributed by atoms with Gasteiger partial charge in [0.25, 0.3) is 5.91 Å². The molecule has 1 saturated heterocycles. The van der Waals surface area contributed by atoms with Gasteiger partial charge in [-0.3, -0.25) is 14.9 Å². The van der Waals surface area contributed by atoms with Crippen molar-refractivity contribution in [2.75, 3.05) is 31.6 Å². The lowest BCUT2D eigenvalue weighted by atomic mass is 10.1. The fourth-order valence-corrected chi connectivity index (χ4v) is 2.91. The minimum absolute atomic E-state index is 0.0469. The van der Waals surface area contributed by atoms with Crippen LogP contribution in [0.25, 0.3) is 0 Å². The van der Waals surface area contributed by atoms with Crippen LogP contribution in [-0.4, -0.2) is 37.6 Å². The summed E-state index contributed by atoms with van der Waals surface area (Å²) in [5, 5.41) is 13.4. The number of ether oxygens (including phenoxy) is 1. The lowest BCUT2D eigenvalue weighted by molar-refractivity contribution is -0.402. The molecule has 1 aliphatic heterocycles. The Bertz CT molecular complexity index is 773. The number of furan rings is 1. The minimum atomic E-state index is -0.667. The first-order valence-corrected chi connectivity index (χ1v) is 7.98. The predicted molar refractivity (Wildman–Crippen MR) is 91.0 cm³/mol. The quantitative estimate of drug-likeness (QED) is 0.638. The van der Waals surface area contributed by atoms with Crippen molar-refractivity contribution in [2.24, 2.45) is 5.92 Å². The van der Waals surface area contributed by atoms with Gasteiger partial charge in [0.05, 0.1) is 13.2 Å². The zero-order valence-electron chi connectivity index (χ0n) is 13.8. The number of carbonyl (C=O) groups excluding carboxylic acids is 1. The van der Waals surface area contributed by atoms with E-state index in [-0.39, 0.29) is 5.76 Å². The molecule has 1 N–H and O–H groups in total. The molecule has 1 aromatic heterocycles. The molecule has 1 fully saturated rings.